The highest BCUT2D eigenvalue weighted by Gasteiger charge is 2.36. The molecule has 3 aromatic heterocycles. The van der Waals surface area contributed by atoms with Crippen molar-refractivity contribution in [2.75, 3.05) is 13.2 Å². The van der Waals surface area contributed by atoms with E-state index in [0.29, 0.717) is 24.5 Å². The van der Waals surface area contributed by atoms with E-state index in [0.717, 1.165) is 42.3 Å². The minimum atomic E-state index is -0.438. The van der Waals surface area contributed by atoms with Crippen molar-refractivity contribution in [1.29, 1.82) is 0 Å². The number of rotatable bonds is 9. The summed E-state index contributed by atoms with van der Waals surface area (Å²) >= 11 is 1.71. The van der Waals surface area contributed by atoms with Gasteiger partial charge in [-0.15, -0.1) is 16.4 Å². The first-order chi connectivity index (χ1) is 17.4. The van der Waals surface area contributed by atoms with Crippen LogP contribution in [0.3, 0.4) is 0 Å². The summed E-state index contributed by atoms with van der Waals surface area (Å²) < 4.78 is 7.95. The minimum Gasteiger partial charge on any atom is -0.377 e. The molecule has 0 aliphatic carbocycles. The molecule has 4 heterocycles. The van der Waals surface area contributed by atoms with Gasteiger partial charge in [0.2, 0.25) is 0 Å². The van der Waals surface area contributed by atoms with Crippen LogP contribution in [0.5, 0.6) is 0 Å². The van der Waals surface area contributed by atoms with E-state index in [9.17, 15) is 4.79 Å². The Bertz CT molecular complexity index is 1370. The maximum absolute atomic E-state index is 13.7. The van der Waals surface area contributed by atoms with E-state index < -0.39 is 6.04 Å². The van der Waals surface area contributed by atoms with E-state index in [1.165, 1.54) is 4.88 Å². The summed E-state index contributed by atoms with van der Waals surface area (Å²) in [5, 5.41) is 16.1. The largest absolute Gasteiger partial charge is 0.377 e. The fourth-order valence-corrected chi connectivity index (χ4v) is 5.62. The molecule has 36 heavy (non-hydrogen) atoms. The van der Waals surface area contributed by atoms with Crippen molar-refractivity contribution in [2.45, 2.75) is 71.2 Å². The Morgan fingerprint density at radius 3 is 2.89 bits per heavy atom. The molecule has 0 spiro atoms. The van der Waals surface area contributed by atoms with Gasteiger partial charge in [0, 0.05) is 35.7 Å². The van der Waals surface area contributed by atoms with Crippen molar-refractivity contribution in [3.05, 3.63) is 74.0 Å². The molecule has 8 nitrogen and oxygen atoms in total. The predicted molar refractivity (Wildman–Crippen MR) is 142 cm³/mol. The van der Waals surface area contributed by atoms with E-state index in [1.54, 1.807) is 11.3 Å². The number of tetrazole rings is 1. The summed E-state index contributed by atoms with van der Waals surface area (Å²) in [7, 11) is 0. The van der Waals surface area contributed by atoms with Crippen LogP contribution in [0.1, 0.15) is 67.9 Å². The van der Waals surface area contributed by atoms with Gasteiger partial charge in [0.15, 0.2) is 5.82 Å². The van der Waals surface area contributed by atoms with E-state index in [-0.39, 0.29) is 17.2 Å². The molecule has 1 fully saturated rings. The first-order valence-electron chi connectivity index (χ1n) is 12.7. The molecule has 5 rings (SSSR count). The number of nitrogens with zero attached hydrogens (tertiary/aromatic N) is 5. The number of thiophene rings is 1. The fraction of sp³-hybridized carbons (Fsp3) is 0.481. The lowest BCUT2D eigenvalue weighted by Crippen LogP contribution is -2.41. The molecule has 0 amide bonds. The number of H-pyrrole nitrogens is 1. The van der Waals surface area contributed by atoms with Gasteiger partial charge in [-0.2, -0.15) is 0 Å². The average molecular weight is 507 g/mol. The highest BCUT2D eigenvalue weighted by Crippen LogP contribution is 2.33. The van der Waals surface area contributed by atoms with Crippen molar-refractivity contribution < 1.29 is 4.74 Å². The second-order valence-corrected chi connectivity index (χ2v) is 11.3. The minimum absolute atomic E-state index is 0.109. The second-order valence-electron chi connectivity index (χ2n) is 10.3. The highest BCUT2D eigenvalue weighted by molar-refractivity contribution is 7.09. The topological polar surface area (TPSA) is 88.9 Å². The van der Waals surface area contributed by atoms with Crippen LogP contribution in [0.4, 0.5) is 0 Å². The molecular formula is C27H34N6O2S. The summed E-state index contributed by atoms with van der Waals surface area (Å²) in [6.45, 7) is 10.5. The average Bonchev–Trinajstić information content (AvgIpc) is 3.63. The summed E-state index contributed by atoms with van der Waals surface area (Å²) in [6.07, 6.45) is 3.02. The van der Waals surface area contributed by atoms with E-state index >= 15 is 0 Å². The Balaban J connectivity index is 1.69. The smallest absolute Gasteiger partial charge is 0.253 e. The molecule has 1 aliphatic rings. The maximum Gasteiger partial charge on any atom is 0.253 e. The summed E-state index contributed by atoms with van der Waals surface area (Å²) in [6, 6.07) is 11.9. The van der Waals surface area contributed by atoms with Crippen LogP contribution in [0.25, 0.3) is 10.9 Å². The Labute approximate surface area is 215 Å². The zero-order valence-electron chi connectivity index (χ0n) is 21.4. The lowest BCUT2D eigenvalue weighted by Gasteiger charge is -2.34. The molecule has 1 N–H and O–H groups in total. The van der Waals surface area contributed by atoms with Crippen molar-refractivity contribution >= 4 is 22.2 Å². The van der Waals surface area contributed by atoms with Gasteiger partial charge in [-0.1, -0.05) is 25.1 Å². The third kappa shape index (κ3) is 5.00. The van der Waals surface area contributed by atoms with Crippen LogP contribution in [-0.2, 0) is 16.8 Å². The molecule has 9 heteroatoms. The Kier molecular flexibility index (Phi) is 7.05. The maximum atomic E-state index is 13.7. The summed E-state index contributed by atoms with van der Waals surface area (Å²) in [5.41, 5.74) is 2.15. The van der Waals surface area contributed by atoms with Crippen molar-refractivity contribution in [3.8, 4) is 0 Å². The normalized spacial score (nSPS) is 17.3. The van der Waals surface area contributed by atoms with Crippen LogP contribution < -0.4 is 5.56 Å². The number of pyridine rings is 1. The number of aryl methyl sites for hydroxylation is 1. The van der Waals surface area contributed by atoms with Crippen LogP contribution in [-0.4, -0.2) is 49.3 Å². The van der Waals surface area contributed by atoms with Crippen molar-refractivity contribution in [3.63, 3.8) is 0 Å². The number of hydrogen-bond acceptors (Lipinski definition) is 7. The first-order valence-corrected chi connectivity index (χ1v) is 13.5. The van der Waals surface area contributed by atoms with Crippen molar-refractivity contribution in [2.24, 2.45) is 0 Å². The Morgan fingerprint density at radius 1 is 1.31 bits per heavy atom. The third-order valence-electron chi connectivity index (χ3n) is 7.27. The van der Waals surface area contributed by atoms with Gasteiger partial charge in [0.25, 0.3) is 5.56 Å². The van der Waals surface area contributed by atoms with Gasteiger partial charge in [0.05, 0.1) is 11.6 Å². The lowest BCUT2D eigenvalue weighted by molar-refractivity contribution is 0.0566. The van der Waals surface area contributed by atoms with Crippen LogP contribution >= 0.6 is 11.3 Å². The predicted octanol–water partition coefficient (Wildman–Crippen LogP) is 4.80. The molecule has 0 bridgehead atoms. The number of benzene rings is 1. The Morgan fingerprint density at radius 2 is 2.17 bits per heavy atom. The highest BCUT2D eigenvalue weighted by atomic mass is 32.1. The van der Waals surface area contributed by atoms with Gasteiger partial charge in [0.1, 0.15) is 6.04 Å². The molecule has 2 atom stereocenters. The van der Waals surface area contributed by atoms with E-state index in [1.807, 2.05) is 23.7 Å². The van der Waals surface area contributed by atoms with Crippen LogP contribution in [0.2, 0.25) is 0 Å². The standard InChI is InChI=1S/C27H34N6O2S/c1-5-27(3,4)33-25(29-30-31-33)24(22-15-19-11-10-18(2)14-23(19)28-26(22)34)32(16-20-8-6-12-35-20)17-21-9-7-13-36-21/h7,9-11,13-15,20,24H,5-6,8,12,16-17H2,1-4H3,(H,28,34)/t20-,24-/m0/s1. The van der Waals surface area contributed by atoms with Gasteiger partial charge < -0.3 is 9.72 Å². The summed E-state index contributed by atoms with van der Waals surface area (Å²) in [5.74, 6) is 0.674. The van der Waals surface area contributed by atoms with Gasteiger partial charge >= 0.3 is 0 Å². The molecule has 190 valence electrons. The quantitative estimate of drug-likeness (QED) is 0.351. The third-order valence-corrected chi connectivity index (χ3v) is 8.13. The lowest BCUT2D eigenvalue weighted by atomic mass is 9.98. The molecular weight excluding hydrogens is 472 g/mol. The number of aromatic nitrogens is 5. The Hall–Kier alpha value is -2.88. The fourth-order valence-electron chi connectivity index (χ4n) is 4.89. The molecule has 1 saturated heterocycles. The molecule has 1 aromatic carbocycles. The van der Waals surface area contributed by atoms with Crippen LogP contribution in [0.15, 0.2) is 46.6 Å². The SMILES string of the molecule is CCC(C)(C)n1nnnc1[C@H](c1cc2ccc(C)cc2[nH]c1=O)N(Cc1cccs1)C[C@@H]1CCCO1. The zero-order valence-corrected chi connectivity index (χ0v) is 22.2. The number of ether oxygens (including phenoxy) is 1. The number of nitrogens with one attached hydrogen (secondary N) is 1. The number of hydrogen-bond donors (Lipinski definition) is 1. The van der Waals surface area contributed by atoms with E-state index in [2.05, 4.69) is 75.8 Å². The van der Waals surface area contributed by atoms with E-state index in [4.69, 9.17) is 4.74 Å². The summed E-state index contributed by atoms with van der Waals surface area (Å²) in [4.78, 5) is 20.3. The first kappa shape index (κ1) is 24.8. The van der Waals surface area contributed by atoms with Crippen LogP contribution in [0, 0.1) is 6.92 Å². The monoisotopic (exact) mass is 506 g/mol. The molecule has 4 aromatic rings. The number of fused-ring (bicyclic) bond motifs is 1. The number of aromatic amines is 1. The zero-order chi connectivity index (χ0) is 25.3. The molecule has 0 radical (unpaired) electrons. The molecule has 1 aliphatic heterocycles. The molecule has 0 unspecified atom stereocenters. The van der Waals surface area contributed by atoms with Crippen molar-refractivity contribution in [1.82, 2.24) is 30.1 Å². The van der Waals surface area contributed by atoms with Gasteiger partial charge in [-0.3, -0.25) is 9.69 Å². The second kappa shape index (κ2) is 10.2. The van der Waals surface area contributed by atoms with Gasteiger partial charge in [-0.05, 0) is 85.0 Å². The van der Waals surface area contributed by atoms with Gasteiger partial charge in [-0.25, -0.2) is 4.68 Å². The molecule has 0 saturated carbocycles.